The average Bonchev–Trinajstić information content (AvgIpc) is 2.41. The van der Waals surface area contributed by atoms with Crippen LogP contribution in [0.1, 0.15) is 56.9 Å². The van der Waals surface area contributed by atoms with E-state index in [-0.39, 0.29) is 0 Å². The minimum Gasteiger partial charge on any atom is -0.314 e. The van der Waals surface area contributed by atoms with Crippen LogP contribution in [0.25, 0.3) is 0 Å². The molecule has 0 bridgehead atoms. The summed E-state index contributed by atoms with van der Waals surface area (Å²) in [6, 6.07) is 9.15. The maximum atomic E-state index is 5.94. The van der Waals surface area contributed by atoms with Gasteiger partial charge in [0.2, 0.25) is 0 Å². The van der Waals surface area contributed by atoms with Gasteiger partial charge in [0.15, 0.2) is 0 Å². The van der Waals surface area contributed by atoms with Gasteiger partial charge >= 0.3 is 0 Å². The first-order chi connectivity index (χ1) is 9.70. The van der Waals surface area contributed by atoms with Crippen LogP contribution in [0.15, 0.2) is 24.3 Å². The average molecular weight is 292 g/mol. The molecule has 0 unspecified atom stereocenters. The van der Waals surface area contributed by atoms with Crippen LogP contribution in [0.3, 0.4) is 0 Å². The van der Waals surface area contributed by atoms with E-state index < -0.39 is 0 Å². The first-order valence-electron chi connectivity index (χ1n) is 8.19. The molecule has 2 aliphatic carbocycles. The maximum absolute atomic E-state index is 5.94. The molecule has 110 valence electrons. The van der Waals surface area contributed by atoms with Gasteiger partial charge < -0.3 is 5.32 Å². The van der Waals surface area contributed by atoms with E-state index in [2.05, 4.69) is 24.4 Å². The Balaban J connectivity index is 1.37. The van der Waals surface area contributed by atoms with E-state index in [9.17, 15) is 0 Å². The standard InChI is InChI=1S/C18H26ClN/c1-13-2-4-14(5-3-13)12-20-18-10-16(11-18)15-6-8-17(19)9-7-15/h6-9,13-14,16,18,20H,2-5,10-12H2,1H3. The molecule has 0 amide bonds. The highest BCUT2D eigenvalue weighted by molar-refractivity contribution is 6.30. The zero-order chi connectivity index (χ0) is 13.9. The minimum absolute atomic E-state index is 0.745. The SMILES string of the molecule is CC1CCC(CNC2CC(c3ccc(Cl)cc3)C2)CC1. The number of hydrogen-bond donors (Lipinski definition) is 1. The van der Waals surface area contributed by atoms with Gasteiger partial charge in [0.1, 0.15) is 0 Å². The summed E-state index contributed by atoms with van der Waals surface area (Å²) in [5.74, 6) is 2.64. The van der Waals surface area contributed by atoms with Crippen molar-refractivity contribution in [3.8, 4) is 0 Å². The van der Waals surface area contributed by atoms with E-state index in [1.807, 2.05) is 12.1 Å². The summed E-state index contributed by atoms with van der Waals surface area (Å²) in [5.41, 5.74) is 1.46. The summed E-state index contributed by atoms with van der Waals surface area (Å²) in [6.45, 7) is 3.64. The fourth-order valence-corrected chi connectivity index (χ4v) is 3.78. The van der Waals surface area contributed by atoms with E-state index in [0.717, 1.165) is 28.8 Å². The molecule has 0 atom stereocenters. The van der Waals surface area contributed by atoms with Crippen LogP contribution in [0, 0.1) is 11.8 Å². The molecule has 0 saturated heterocycles. The summed E-state index contributed by atoms with van der Waals surface area (Å²) in [7, 11) is 0. The van der Waals surface area contributed by atoms with Gasteiger partial charge in [0.05, 0.1) is 0 Å². The van der Waals surface area contributed by atoms with E-state index in [1.54, 1.807) is 0 Å². The van der Waals surface area contributed by atoms with E-state index in [0.29, 0.717) is 0 Å². The van der Waals surface area contributed by atoms with Crippen molar-refractivity contribution in [2.45, 2.75) is 57.4 Å². The third kappa shape index (κ3) is 3.56. The molecule has 0 aliphatic heterocycles. The summed E-state index contributed by atoms with van der Waals surface area (Å²) >= 11 is 5.94. The fourth-order valence-electron chi connectivity index (χ4n) is 3.66. The normalized spacial score (nSPS) is 33.7. The second-order valence-corrected chi connectivity index (χ2v) is 7.39. The molecule has 1 aromatic rings. The van der Waals surface area contributed by atoms with Crippen molar-refractivity contribution in [1.29, 1.82) is 0 Å². The number of halogens is 1. The molecular weight excluding hydrogens is 266 g/mol. The fraction of sp³-hybridized carbons (Fsp3) is 0.667. The molecule has 1 nitrogen and oxygen atoms in total. The van der Waals surface area contributed by atoms with Gasteiger partial charge in [-0.3, -0.25) is 0 Å². The zero-order valence-corrected chi connectivity index (χ0v) is 13.2. The van der Waals surface area contributed by atoms with E-state index in [4.69, 9.17) is 11.6 Å². The van der Waals surface area contributed by atoms with Crippen LogP contribution in [0.4, 0.5) is 0 Å². The third-order valence-corrected chi connectivity index (χ3v) is 5.56. The molecular formula is C18H26ClN. The number of nitrogens with one attached hydrogen (secondary N) is 1. The van der Waals surface area contributed by atoms with Crippen LogP contribution in [0.5, 0.6) is 0 Å². The smallest absolute Gasteiger partial charge is 0.0406 e. The number of hydrogen-bond acceptors (Lipinski definition) is 1. The van der Waals surface area contributed by atoms with Gasteiger partial charge in [-0.25, -0.2) is 0 Å². The Morgan fingerprint density at radius 3 is 2.35 bits per heavy atom. The molecule has 0 aromatic heterocycles. The Labute approximate surface area is 128 Å². The van der Waals surface area contributed by atoms with Crippen molar-refractivity contribution < 1.29 is 0 Å². The Morgan fingerprint density at radius 2 is 1.70 bits per heavy atom. The number of rotatable bonds is 4. The molecule has 2 heteroatoms. The van der Waals surface area contributed by atoms with Crippen molar-refractivity contribution in [1.82, 2.24) is 5.32 Å². The molecule has 1 N–H and O–H groups in total. The van der Waals surface area contributed by atoms with Gasteiger partial charge in [-0.15, -0.1) is 0 Å². The Kier molecular flexibility index (Phi) is 4.68. The summed E-state index contributed by atoms with van der Waals surface area (Å²) in [4.78, 5) is 0. The molecule has 0 spiro atoms. The van der Waals surface area contributed by atoms with Gasteiger partial charge in [0.25, 0.3) is 0 Å². The van der Waals surface area contributed by atoms with E-state index in [1.165, 1.54) is 50.6 Å². The van der Waals surface area contributed by atoms with Crippen LogP contribution in [0.2, 0.25) is 5.02 Å². The van der Waals surface area contributed by atoms with Crippen LogP contribution >= 0.6 is 11.6 Å². The van der Waals surface area contributed by atoms with Crippen LogP contribution < -0.4 is 5.32 Å². The first-order valence-corrected chi connectivity index (χ1v) is 8.57. The quantitative estimate of drug-likeness (QED) is 0.823. The molecule has 2 saturated carbocycles. The van der Waals surface area contributed by atoms with Crippen molar-refractivity contribution in [3.05, 3.63) is 34.9 Å². The van der Waals surface area contributed by atoms with Crippen molar-refractivity contribution in [2.24, 2.45) is 11.8 Å². The lowest BCUT2D eigenvalue weighted by atomic mass is 9.75. The van der Waals surface area contributed by atoms with Crippen molar-refractivity contribution in [3.63, 3.8) is 0 Å². The predicted molar refractivity (Wildman–Crippen MR) is 86.3 cm³/mol. The molecule has 3 rings (SSSR count). The Bertz CT molecular complexity index is 414. The highest BCUT2D eigenvalue weighted by Gasteiger charge is 2.30. The Morgan fingerprint density at radius 1 is 1.05 bits per heavy atom. The molecule has 2 fully saturated rings. The molecule has 0 radical (unpaired) electrons. The lowest BCUT2D eigenvalue weighted by Gasteiger charge is -2.38. The maximum Gasteiger partial charge on any atom is 0.0406 e. The van der Waals surface area contributed by atoms with Crippen molar-refractivity contribution in [2.75, 3.05) is 6.54 Å². The number of benzene rings is 1. The molecule has 0 heterocycles. The topological polar surface area (TPSA) is 12.0 Å². The van der Waals surface area contributed by atoms with E-state index >= 15 is 0 Å². The second-order valence-electron chi connectivity index (χ2n) is 6.95. The molecule has 20 heavy (non-hydrogen) atoms. The van der Waals surface area contributed by atoms with Crippen LogP contribution in [-0.4, -0.2) is 12.6 Å². The van der Waals surface area contributed by atoms with Gasteiger partial charge in [-0.2, -0.15) is 0 Å². The lowest BCUT2D eigenvalue weighted by Crippen LogP contribution is -2.42. The van der Waals surface area contributed by atoms with Crippen LogP contribution in [-0.2, 0) is 0 Å². The first kappa shape index (κ1) is 14.4. The zero-order valence-electron chi connectivity index (χ0n) is 12.4. The predicted octanol–water partition coefficient (Wildman–Crippen LogP) is 5.00. The van der Waals surface area contributed by atoms with Crippen molar-refractivity contribution >= 4 is 11.6 Å². The second kappa shape index (κ2) is 6.49. The highest BCUT2D eigenvalue weighted by Crippen LogP contribution is 2.37. The van der Waals surface area contributed by atoms with Gasteiger partial charge in [-0.1, -0.05) is 43.5 Å². The summed E-state index contributed by atoms with van der Waals surface area (Å²) in [6.07, 6.45) is 8.33. The Hall–Kier alpha value is -0.530. The molecule has 2 aliphatic rings. The van der Waals surface area contributed by atoms with Gasteiger partial charge in [0, 0.05) is 11.1 Å². The monoisotopic (exact) mass is 291 g/mol. The third-order valence-electron chi connectivity index (χ3n) is 5.31. The highest BCUT2D eigenvalue weighted by atomic mass is 35.5. The van der Waals surface area contributed by atoms with Gasteiger partial charge in [-0.05, 0) is 67.7 Å². The minimum atomic E-state index is 0.745. The summed E-state index contributed by atoms with van der Waals surface area (Å²) < 4.78 is 0. The summed E-state index contributed by atoms with van der Waals surface area (Å²) in [5, 5.41) is 4.63. The largest absolute Gasteiger partial charge is 0.314 e. The molecule has 1 aromatic carbocycles. The lowest BCUT2D eigenvalue weighted by molar-refractivity contribution is 0.236.